The Labute approximate surface area is 244 Å². The van der Waals surface area contributed by atoms with Gasteiger partial charge in [0.1, 0.15) is 12.4 Å². The van der Waals surface area contributed by atoms with Crippen LogP contribution in [0.3, 0.4) is 0 Å². The number of benzene rings is 2. The molecule has 0 aliphatic carbocycles. The largest absolute Gasteiger partial charge is 0.338 e. The molecule has 0 spiro atoms. The fraction of sp³-hybridized carbons (Fsp3) is 0.355. The SMILES string of the molecule is CCN(C(=O)C1CCN(CC(=O)N2CC=C(c3ccc(-c4ncn(C)n4)cc3)CC2)C1)c1ccc2[nH]nc(C#N)c2c1. The number of anilines is 1. The standard InChI is InChI=1S/C31H33N9O2/c1-3-40(25-8-9-27-26(16-25)28(17-32)35-34-27)31(42)24-10-13-38(18-24)19-29(41)39-14-11-22(12-15-39)21-4-6-23(7-5-21)30-33-20-37(2)36-30/h4-9,11,16,20,24H,3,10,12-15,18-19H2,1-2H3,(H,34,35). The van der Waals surface area contributed by atoms with Crippen LogP contribution in [0.4, 0.5) is 5.69 Å². The van der Waals surface area contributed by atoms with Crippen molar-refractivity contribution in [1.29, 1.82) is 5.26 Å². The van der Waals surface area contributed by atoms with E-state index in [1.54, 1.807) is 15.9 Å². The number of aromatic nitrogens is 5. The molecular weight excluding hydrogens is 530 g/mol. The number of H-pyrrole nitrogens is 1. The Hall–Kier alpha value is -4.82. The molecule has 6 rings (SSSR count). The number of hydrogen-bond acceptors (Lipinski definition) is 7. The van der Waals surface area contributed by atoms with E-state index in [4.69, 9.17) is 0 Å². The molecule has 1 unspecified atom stereocenters. The lowest BCUT2D eigenvalue weighted by atomic mass is 9.98. The number of nitrogens with zero attached hydrogens (tertiary/aromatic N) is 8. The molecule has 2 aromatic carbocycles. The molecule has 4 aromatic rings. The van der Waals surface area contributed by atoms with E-state index >= 15 is 0 Å². The average Bonchev–Trinajstić information content (AvgIpc) is 3.77. The van der Waals surface area contributed by atoms with Gasteiger partial charge in [-0.1, -0.05) is 30.3 Å². The first-order valence-electron chi connectivity index (χ1n) is 14.3. The molecule has 0 bridgehead atoms. The number of likely N-dealkylation sites (tertiary alicyclic amines) is 1. The van der Waals surface area contributed by atoms with Gasteiger partial charge in [0.05, 0.1) is 18.0 Å². The Bertz CT molecular complexity index is 1700. The Balaban J connectivity index is 1.03. The molecule has 1 fully saturated rings. The van der Waals surface area contributed by atoms with Crippen LogP contribution in [0.5, 0.6) is 0 Å². The van der Waals surface area contributed by atoms with Gasteiger partial charge in [0, 0.05) is 49.9 Å². The lowest BCUT2D eigenvalue weighted by molar-refractivity contribution is -0.132. The summed E-state index contributed by atoms with van der Waals surface area (Å²) in [6.45, 7) is 5.31. The molecule has 11 heteroatoms. The number of carbonyl (C=O) groups excluding carboxylic acids is 2. The summed E-state index contributed by atoms with van der Waals surface area (Å²) in [5, 5.41) is 21.3. The maximum atomic E-state index is 13.5. The molecule has 11 nitrogen and oxygen atoms in total. The Kier molecular flexibility index (Phi) is 7.54. The molecule has 1 N–H and O–H groups in total. The van der Waals surface area contributed by atoms with Crippen molar-refractivity contribution in [1.82, 2.24) is 34.8 Å². The molecule has 2 amide bonds. The summed E-state index contributed by atoms with van der Waals surface area (Å²) >= 11 is 0. The zero-order chi connectivity index (χ0) is 29.2. The smallest absolute Gasteiger partial charge is 0.237 e. The molecule has 0 saturated carbocycles. The lowest BCUT2D eigenvalue weighted by Gasteiger charge is -2.29. The predicted molar refractivity (Wildman–Crippen MR) is 159 cm³/mol. The number of fused-ring (bicyclic) bond motifs is 1. The highest BCUT2D eigenvalue weighted by molar-refractivity contribution is 5.98. The minimum atomic E-state index is -0.176. The molecular formula is C31H33N9O2. The van der Waals surface area contributed by atoms with Crippen molar-refractivity contribution in [3.8, 4) is 17.5 Å². The van der Waals surface area contributed by atoms with Crippen LogP contribution in [0.1, 0.15) is 31.0 Å². The van der Waals surface area contributed by atoms with Crippen molar-refractivity contribution in [2.75, 3.05) is 44.2 Å². The topological polar surface area (TPSA) is 127 Å². The van der Waals surface area contributed by atoms with Gasteiger partial charge in [-0.3, -0.25) is 24.3 Å². The van der Waals surface area contributed by atoms with Gasteiger partial charge in [-0.05, 0) is 55.6 Å². The number of aromatic amines is 1. The maximum Gasteiger partial charge on any atom is 0.237 e. The van der Waals surface area contributed by atoms with Gasteiger partial charge in [0.15, 0.2) is 11.5 Å². The van der Waals surface area contributed by atoms with Crippen LogP contribution in [-0.2, 0) is 16.6 Å². The first-order chi connectivity index (χ1) is 20.4. The highest BCUT2D eigenvalue weighted by Gasteiger charge is 2.33. The van der Waals surface area contributed by atoms with Gasteiger partial charge in [0.2, 0.25) is 11.8 Å². The van der Waals surface area contributed by atoms with Crippen molar-refractivity contribution >= 4 is 34.0 Å². The van der Waals surface area contributed by atoms with Crippen molar-refractivity contribution in [3.05, 3.63) is 66.1 Å². The average molecular weight is 564 g/mol. The monoisotopic (exact) mass is 563 g/mol. The van der Waals surface area contributed by atoms with E-state index in [9.17, 15) is 14.9 Å². The number of rotatable bonds is 7. The van der Waals surface area contributed by atoms with Crippen molar-refractivity contribution in [2.24, 2.45) is 13.0 Å². The van der Waals surface area contributed by atoms with E-state index in [-0.39, 0.29) is 17.7 Å². The van der Waals surface area contributed by atoms with Crippen LogP contribution in [0.2, 0.25) is 0 Å². The van der Waals surface area contributed by atoms with Gasteiger partial charge in [-0.15, -0.1) is 0 Å². The van der Waals surface area contributed by atoms with Crippen molar-refractivity contribution in [2.45, 2.75) is 19.8 Å². The Morgan fingerprint density at radius 2 is 1.95 bits per heavy atom. The molecule has 42 heavy (non-hydrogen) atoms. The van der Waals surface area contributed by atoms with E-state index in [1.807, 2.05) is 49.2 Å². The van der Waals surface area contributed by atoms with Gasteiger partial charge in [0.25, 0.3) is 0 Å². The molecule has 2 aliphatic heterocycles. The summed E-state index contributed by atoms with van der Waals surface area (Å²) in [5.41, 5.74) is 5.20. The zero-order valence-corrected chi connectivity index (χ0v) is 23.8. The van der Waals surface area contributed by atoms with E-state index in [0.717, 1.165) is 28.8 Å². The molecule has 1 atom stereocenters. The van der Waals surface area contributed by atoms with E-state index < -0.39 is 0 Å². The van der Waals surface area contributed by atoms with Crippen molar-refractivity contribution < 1.29 is 9.59 Å². The number of carbonyl (C=O) groups is 2. The molecule has 214 valence electrons. The number of nitriles is 1. The number of amides is 2. The molecule has 4 heterocycles. The first kappa shape index (κ1) is 27.4. The summed E-state index contributed by atoms with van der Waals surface area (Å²) in [5.74, 6) is 0.669. The normalized spacial score (nSPS) is 17.3. The quantitative estimate of drug-likeness (QED) is 0.366. The third kappa shape index (κ3) is 5.41. The van der Waals surface area contributed by atoms with Gasteiger partial charge in [-0.25, -0.2) is 4.98 Å². The summed E-state index contributed by atoms with van der Waals surface area (Å²) < 4.78 is 1.69. The predicted octanol–water partition coefficient (Wildman–Crippen LogP) is 3.22. The molecule has 2 aromatic heterocycles. The van der Waals surface area contributed by atoms with Crippen LogP contribution in [0, 0.1) is 17.2 Å². The third-order valence-electron chi connectivity index (χ3n) is 8.20. The number of hydrogen-bond donors (Lipinski definition) is 1. The second kappa shape index (κ2) is 11.6. The first-order valence-corrected chi connectivity index (χ1v) is 14.3. The fourth-order valence-corrected chi connectivity index (χ4v) is 5.87. The summed E-state index contributed by atoms with van der Waals surface area (Å²) in [7, 11) is 1.85. The van der Waals surface area contributed by atoms with Crippen LogP contribution in [0.25, 0.3) is 27.9 Å². The lowest BCUT2D eigenvalue weighted by Crippen LogP contribution is -2.42. The molecule has 1 saturated heterocycles. The van der Waals surface area contributed by atoms with E-state index in [1.165, 1.54) is 5.57 Å². The second-order valence-electron chi connectivity index (χ2n) is 10.9. The van der Waals surface area contributed by atoms with Crippen LogP contribution < -0.4 is 4.90 Å². The minimum Gasteiger partial charge on any atom is -0.338 e. The summed E-state index contributed by atoms with van der Waals surface area (Å²) in [4.78, 5) is 36.7. The summed E-state index contributed by atoms with van der Waals surface area (Å²) in [6.07, 6.45) is 5.34. The van der Waals surface area contributed by atoms with Crippen LogP contribution in [-0.4, -0.2) is 85.8 Å². The number of aryl methyl sites for hydroxylation is 1. The minimum absolute atomic E-state index is 0.0456. The van der Waals surface area contributed by atoms with Gasteiger partial charge >= 0.3 is 0 Å². The van der Waals surface area contributed by atoms with Crippen LogP contribution in [0.15, 0.2) is 54.9 Å². The van der Waals surface area contributed by atoms with E-state index in [0.29, 0.717) is 62.6 Å². The van der Waals surface area contributed by atoms with E-state index in [2.05, 4.69) is 49.5 Å². The second-order valence-corrected chi connectivity index (χ2v) is 10.9. The van der Waals surface area contributed by atoms with Crippen molar-refractivity contribution in [3.63, 3.8) is 0 Å². The Morgan fingerprint density at radius 3 is 2.64 bits per heavy atom. The van der Waals surface area contributed by atoms with Gasteiger partial charge in [-0.2, -0.15) is 15.5 Å². The Morgan fingerprint density at radius 1 is 1.14 bits per heavy atom. The third-order valence-corrected chi connectivity index (χ3v) is 8.20. The zero-order valence-electron chi connectivity index (χ0n) is 23.8. The fourth-order valence-electron chi connectivity index (χ4n) is 5.87. The molecule has 2 aliphatic rings. The molecule has 0 radical (unpaired) electrons. The summed E-state index contributed by atoms with van der Waals surface area (Å²) in [6, 6.07) is 15.9. The highest BCUT2D eigenvalue weighted by atomic mass is 16.2. The van der Waals surface area contributed by atoms with Crippen LogP contribution >= 0.6 is 0 Å². The highest BCUT2D eigenvalue weighted by Crippen LogP contribution is 2.28. The number of nitrogens with one attached hydrogen (secondary N) is 1. The maximum absolute atomic E-state index is 13.5. The van der Waals surface area contributed by atoms with Gasteiger partial charge < -0.3 is 9.80 Å².